The summed E-state index contributed by atoms with van der Waals surface area (Å²) < 4.78 is 36.4. The van der Waals surface area contributed by atoms with E-state index in [1.165, 1.54) is 13.8 Å². The van der Waals surface area contributed by atoms with E-state index in [-0.39, 0.29) is 34.9 Å². The Morgan fingerprint density at radius 3 is 2.50 bits per heavy atom. The number of nitrogens with zero attached hydrogens (tertiary/aromatic N) is 1. The summed E-state index contributed by atoms with van der Waals surface area (Å²) in [7, 11) is -3.04. The van der Waals surface area contributed by atoms with Gasteiger partial charge in [0.1, 0.15) is 28.0 Å². The van der Waals surface area contributed by atoms with Gasteiger partial charge in [0.15, 0.2) is 0 Å². The molecule has 8 nitrogen and oxygen atoms in total. The lowest BCUT2D eigenvalue weighted by Crippen LogP contribution is -2.40. The average molecular weight is 331 g/mol. The molecule has 22 heavy (non-hydrogen) atoms. The van der Waals surface area contributed by atoms with Gasteiger partial charge in [-0.15, -0.1) is 0 Å². The Hall–Kier alpha value is -1.87. The van der Waals surface area contributed by atoms with Crippen molar-refractivity contribution < 1.29 is 32.3 Å². The molecule has 1 N–H and O–H groups in total. The predicted octanol–water partition coefficient (Wildman–Crippen LogP) is 0.921. The minimum atomic E-state index is -4.17. The molecule has 1 aromatic rings. The number of methoxy groups -OCH3 is 1. The van der Waals surface area contributed by atoms with Crippen molar-refractivity contribution in [3.63, 3.8) is 0 Å². The van der Waals surface area contributed by atoms with Gasteiger partial charge in [-0.1, -0.05) is 0 Å². The highest BCUT2D eigenvalue weighted by Crippen LogP contribution is 2.33. The van der Waals surface area contributed by atoms with Crippen molar-refractivity contribution >= 4 is 22.0 Å². The third kappa shape index (κ3) is 2.50. The van der Waals surface area contributed by atoms with Crippen molar-refractivity contribution in [1.29, 1.82) is 0 Å². The number of hydrogen-bond donors (Lipinski definition) is 1. The van der Waals surface area contributed by atoms with Gasteiger partial charge in [-0.3, -0.25) is 4.79 Å². The maximum atomic E-state index is 12.8. The fraction of sp³-hybridized carbons (Fsp3) is 0.538. The number of rotatable bonds is 4. The van der Waals surface area contributed by atoms with E-state index in [2.05, 4.69) is 4.74 Å². The van der Waals surface area contributed by atoms with E-state index in [9.17, 15) is 23.1 Å². The summed E-state index contributed by atoms with van der Waals surface area (Å²) in [6.07, 6.45) is 0.678. The number of esters is 1. The number of carbonyl (C=O) groups is 2. The molecule has 1 atom stereocenters. The zero-order valence-corrected chi connectivity index (χ0v) is 13.3. The molecule has 0 aromatic carbocycles. The van der Waals surface area contributed by atoms with Crippen LogP contribution in [0, 0.1) is 13.8 Å². The third-order valence-electron chi connectivity index (χ3n) is 3.65. The predicted molar refractivity (Wildman–Crippen MR) is 74.1 cm³/mol. The van der Waals surface area contributed by atoms with Gasteiger partial charge >= 0.3 is 11.9 Å². The number of carboxylic acids is 1. The van der Waals surface area contributed by atoms with E-state index in [0.29, 0.717) is 6.42 Å². The minimum absolute atomic E-state index is 0.0361. The van der Waals surface area contributed by atoms with Crippen LogP contribution in [0.15, 0.2) is 9.31 Å². The van der Waals surface area contributed by atoms with Gasteiger partial charge in [0, 0.05) is 6.54 Å². The van der Waals surface area contributed by atoms with Gasteiger partial charge in [0.25, 0.3) is 0 Å². The first-order valence-corrected chi connectivity index (χ1v) is 8.08. The smallest absolute Gasteiger partial charge is 0.342 e. The molecule has 0 spiro atoms. The summed E-state index contributed by atoms with van der Waals surface area (Å²) in [6.45, 7) is 2.96. The van der Waals surface area contributed by atoms with Crippen LogP contribution in [0.1, 0.15) is 34.7 Å². The topological polar surface area (TPSA) is 114 Å². The molecule has 122 valence electrons. The highest BCUT2D eigenvalue weighted by Gasteiger charge is 2.43. The second kappa shape index (κ2) is 5.73. The monoisotopic (exact) mass is 331 g/mol. The maximum absolute atomic E-state index is 12.8. The minimum Gasteiger partial charge on any atom is -0.480 e. The molecule has 0 amide bonds. The number of aryl methyl sites for hydroxylation is 2. The normalized spacial score (nSPS) is 19.3. The lowest BCUT2D eigenvalue weighted by atomic mass is 10.2. The number of hydrogen-bond acceptors (Lipinski definition) is 6. The Morgan fingerprint density at radius 2 is 1.95 bits per heavy atom. The van der Waals surface area contributed by atoms with Crippen LogP contribution in [0.5, 0.6) is 0 Å². The summed E-state index contributed by atoms with van der Waals surface area (Å²) in [4.78, 5) is 22.8. The molecule has 0 aliphatic carbocycles. The Balaban J connectivity index is 2.60. The third-order valence-corrected chi connectivity index (χ3v) is 5.71. The van der Waals surface area contributed by atoms with Crippen molar-refractivity contribution in [2.45, 2.75) is 37.6 Å². The van der Waals surface area contributed by atoms with E-state index < -0.39 is 28.0 Å². The molecule has 2 heterocycles. The number of furan rings is 1. The van der Waals surface area contributed by atoms with Crippen molar-refractivity contribution in [3.8, 4) is 0 Å². The molecule has 0 bridgehead atoms. The first kappa shape index (κ1) is 16.5. The molecule has 2 rings (SSSR count). The van der Waals surface area contributed by atoms with Crippen LogP contribution in [-0.2, 0) is 19.6 Å². The van der Waals surface area contributed by atoms with Gasteiger partial charge in [-0.05, 0) is 26.7 Å². The van der Waals surface area contributed by atoms with E-state index in [1.54, 1.807) is 0 Å². The van der Waals surface area contributed by atoms with Gasteiger partial charge in [0.05, 0.1) is 7.11 Å². The number of sulfonamides is 1. The second-order valence-corrected chi connectivity index (χ2v) is 6.85. The summed E-state index contributed by atoms with van der Waals surface area (Å²) in [5.41, 5.74) is -0.184. The summed E-state index contributed by atoms with van der Waals surface area (Å²) >= 11 is 0. The molecule has 1 aromatic heterocycles. The first-order valence-electron chi connectivity index (χ1n) is 6.64. The van der Waals surface area contributed by atoms with Crippen LogP contribution in [0.25, 0.3) is 0 Å². The molecular formula is C13H17NO7S. The van der Waals surface area contributed by atoms with Crippen molar-refractivity contribution in [1.82, 2.24) is 4.31 Å². The molecule has 0 unspecified atom stereocenters. The van der Waals surface area contributed by atoms with E-state index in [4.69, 9.17) is 4.42 Å². The number of ether oxygens (including phenoxy) is 1. The van der Waals surface area contributed by atoms with Crippen molar-refractivity contribution in [3.05, 3.63) is 17.1 Å². The van der Waals surface area contributed by atoms with Gasteiger partial charge < -0.3 is 14.3 Å². The molecule has 1 aliphatic heterocycles. The van der Waals surface area contributed by atoms with Gasteiger partial charge in [-0.2, -0.15) is 4.31 Å². The number of aliphatic carboxylic acids is 1. The standard InChI is InChI=1S/C13H17NO7S/c1-7-10(13(17)20-3)11(8(2)21-7)22(18,19)14-6-4-5-9(14)12(15)16/h9H,4-6H2,1-3H3,(H,15,16)/t9-/m1/s1. The van der Waals surface area contributed by atoms with Crippen molar-refractivity contribution in [2.75, 3.05) is 13.7 Å². The van der Waals surface area contributed by atoms with Crippen molar-refractivity contribution in [2.24, 2.45) is 0 Å². The molecule has 9 heteroatoms. The van der Waals surface area contributed by atoms with E-state index >= 15 is 0 Å². The highest BCUT2D eigenvalue weighted by molar-refractivity contribution is 7.89. The molecule has 0 radical (unpaired) electrons. The van der Waals surface area contributed by atoms with Gasteiger partial charge in [-0.25, -0.2) is 13.2 Å². The molecule has 0 saturated carbocycles. The largest absolute Gasteiger partial charge is 0.480 e. The second-order valence-electron chi connectivity index (χ2n) is 5.02. The fourth-order valence-corrected chi connectivity index (χ4v) is 4.73. The zero-order chi connectivity index (χ0) is 16.7. The fourth-order valence-electron chi connectivity index (χ4n) is 2.70. The Bertz CT molecular complexity index is 719. The molecule has 1 fully saturated rings. The van der Waals surface area contributed by atoms with Crippen LogP contribution >= 0.6 is 0 Å². The summed E-state index contributed by atoms with van der Waals surface area (Å²) in [5.74, 6) is -1.89. The lowest BCUT2D eigenvalue weighted by Gasteiger charge is -2.21. The molecular weight excluding hydrogens is 314 g/mol. The SMILES string of the molecule is COC(=O)c1c(C)oc(C)c1S(=O)(=O)N1CCC[C@@H]1C(=O)O. The lowest BCUT2D eigenvalue weighted by molar-refractivity contribution is -0.140. The van der Waals surface area contributed by atoms with Crippen LogP contribution in [0.2, 0.25) is 0 Å². The molecule has 1 aliphatic rings. The van der Waals surface area contributed by atoms with E-state index in [0.717, 1.165) is 11.4 Å². The zero-order valence-electron chi connectivity index (χ0n) is 12.5. The Kier molecular flexibility index (Phi) is 4.30. The van der Waals surface area contributed by atoms with E-state index in [1.807, 2.05) is 0 Å². The maximum Gasteiger partial charge on any atom is 0.342 e. The van der Waals surface area contributed by atoms with Crippen LogP contribution in [-0.4, -0.2) is 49.5 Å². The number of carboxylic acid groups (broad SMARTS) is 1. The first-order chi connectivity index (χ1) is 10.2. The van der Waals surface area contributed by atoms with Crippen LogP contribution < -0.4 is 0 Å². The average Bonchev–Trinajstić information content (AvgIpc) is 3.02. The Morgan fingerprint density at radius 1 is 1.32 bits per heavy atom. The Labute approximate surface area is 127 Å². The summed E-state index contributed by atoms with van der Waals surface area (Å²) in [6, 6.07) is -1.13. The van der Waals surface area contributed by atoms with Gasteiger partial charge in [0.2, 0.25) is 10.0 Å². The highest BCUT2D eigenvalue weighted by atomic mass is 32.2. The van der Waals surface area contributed by atoms with Crippen LogP contribution in [0.4, 0.5) is 0 Å². The molecule has 1 saturated heterocycles. The number of carbonyl (C=O) groups excluding carboxylic acids is 1. The summed E-state index contributed by atoms with van der Waals surface area (Å²) in [5, 5.41) is 9.17. The quantitative estimate of drug-likeness (QED) is 0.816. The van der Waals surface area contributed by atoms with Crippen LogP contribution in [0.3, 0.4) is 0 Å².